The minimum Gasteiger partial charge on any atom is -0.294 e. The Bertz CT molecular complexity index is 539. The fourth-order valence-electron chi connectivity index (χ4n) is 1.51. The molecule has 0 aliphatic carbocycles. The van der Waals surface area contributed by atoms with E-state index in [0.29, 0.717) is 12.0 Å². The highest BCUT2D eigenvalue weighted by molar-refractivity contribution is 9.10. The Morgan fingerprint density at radius 2 is 1.68 bits per heavy atom. The van der Waals surface area contributed by atoms with Crippen LogP contribution >= 0.6 is 15.9 Å². The summed E-state index contributed by atoms with van der Waals surface area (Å²) < 4.78 is 24.0. The normalized spacial score (nSPS) is 12.4. The third kappa shape index (κ3) is 4.73. The van der Waals surface area contributed by atoms with Gasteiger partial charge in [-0.25, -0.2) is 8.42 Å². The van der Waals surface area contributed by atoms with Crippen molar-refractivity contribution < 1.29 is 13.2 Å². The third-order valence-electron chi connectivity index (χ3n) is 2.92. The predicted octanol–water partition coefficient (Wildman–Crippen LogP) is 3.63. The third-order valence-corrected chi connectivity index (χ3v) is 6.14. The zero-order chi connectivity index (χ0) is 14.7. The van der Waals surface area contributed by atoms with Crippen molar-refractivity contribution >= 4 is 31.6 Å². The molecule has 0 atom stereocenters. The van der Waals surface area contributed by atoms with Crippen molar-refractivity contribution in [2.75, 3.05) is 5.75 Å². The van der Waals surface area contributed by atoms with E-state index >= 15 is 0 Å². The van der Waals surface area contributed by atoms with E-state index in [0.717, 1.165) is 4.47 Å². The largest absolute Gasteiger partial charge is 0.294 e. The van der Waals surface area contributed by atoms with Gasteiger partial charge in [0.25, 0.3) is 0 Å². The lowest BCUT2D eigenvalue weighted by atomic mass is 10.1. The number of hydrogen-bond donors (Lipinski definition) is 0. The first kappa shape index (κ1) is 16.4. The summed E-state index contributed by atoms with van der Waals surface area (Å²) in [6.45, 7) is 5.04. The number of hydrogen-bond acceptors (Lipinski definition) is 3. The van der Waals surface area contributed by atoms with Gasteiger partial charge in [-0.3, -0.25) is 4.79 Å². The van der Waals surface area contributed by atoms with Crippen LogP contribution in [0.4, 0.5) is 0 Å². The Morgan fingerprint density at radius 3 is 2.16 bits per heavy atom. The van der Waals surface area contributed by atoms with Gasteiger partial charge in [0.15, 0.2) is 15.6 Å². The molecule has 0 unspecified atom stereocenters. The number of halogens is 1. The maximum Gasteiger partial charge on any atom is 0.162 e. The molecular formula is C14H19BrO3S. The van der Waals surface area contributed by atoms with Crippen molar-refractivity contribution in [3.8, 4) is 0 Å². The van der Waals surface area contributed by atoms with Crippen LogP contribution in [0.15, 0.2) is 28.7 Å². The Morgan fingerprint density at radius 1 is 1.16 bits per heavy atom. The fraction of sp³-hybridized carbons (Fsp3) is 0.500. The number of sulfone groups is 1. The highest BCUT2D eigenvalue weighted by atomic mass is 79.9. The quantitative estimate of drug-likeness (QED) is 0.765. The van der Waals surface area contributed by atoms with Gasteiger partial charge < -0.3 is 0 Å². The van der Waals surface area contributed by atoms with E-state index in [1.165, 1.54) is 0 Å². The van der Waals surface area contributed by atoms with Crippen LogP contribution in [0.5, 0.6) is 0 Å². The maximum absolute atomic E-state index is 11.9. The lowest BCUT2D eigenvalue weighted by Crippen LogP contribution is -2.30. The molecule has 0 aromatic heterocycles. The molecule has 0 spiro atoms. The summed E-state index contributed by atoms with van der Waals surface area (Å²) in [4.78, 5) is 11.9. The van der Waals surface area contributed by atoms with Crippen LogP contribution in [0, 0.1) is 0 Å². The van der Waals surface area contributed by atoms with Crippen molar-refractivity contribution in [3.05, 3.63) is 34.3 Å². The van der Waals surface area contributed by atoms with Crippen LogP contribution in [0.1, 0.15) is 44.0 Å². The molecule has 5 heteroatoms. The highest BCUT2D eigenvalue weighted by Crippen LogP contribution is 2.18. The summed E-state index contributed by atoms with van der Waals surface area (Å²) in [5.41, 5.74) is 0.622. The molecule has 106 valence electrons. The van der Waals surface area contributed by atoms with E-state index in [1.807, 2.05) is 0 Å². The minimum absolute atomic E-state index is 0.0170. The Kier molecular flexibility index (Phi) is 5.33. The van der Waals surface area contributed by atoms with Crippen LogP contribution in [-0.2, 0) is 9.84 Å². The zero-order valence-electron chi connectivity index (χ0n) is 11.4. The Hall–Kier alpha value is -0.680. The summed E-state index contributed by atoms with van der Waals surface area (Å²) in [5, 5.41) is 0. The lowest BCUT2D eigenvalue weighted by Gasteiger charge is -2.18. The first-order chi connectivity index (χ1) is 8.63. The monoisotopic (exact) mass is 346 g/mol. The van der Waals surface area contributed by atoms with E-state index in [2.05, 4.69) is 15.9 Å². The van der Waals surface area contributed by atoms with E-state index < -0.39 is 14.6 Å². The van der Waals surface area contributed by atoms with Crippen LogP contribution < -0.4 is 0 Å². The van der Waals surface area contributed by atoms with Crippen molar-refractivity contribution in [2.24, 2.45) is 0 Å². The zero-order valence-corrected chi connectivity index (χ0v) is 13.8. The van der Waals surface area contributed by atoms with Gasteiger partial charge in [-0.1, -0.05) is 28.1 Å². The lowest BCUT2D eigenvalue weighted by molar-refractivity contribution is 0.0982. The molecule has 0 fully saturated rings. The molecule has 0 amide bonds. The van der Waals surface area contributed by atoms with Crippen LogP contribution in [0.25, 0.3) is 0 Å². The highest BCUT2D eigenvalue weighted by Gasteiger charge is 2.28. The van der Waals surface area contributed by atoms with Crippen molar-refractivity contribution in [1.29, 1.82) is 0 Å². The minimum atomic E-state index is -3.14. The fourth-order valence-corrected chi connectivity index (χ4v) is 2.91. The van der Waals surface area contributed by atoms with E-state index in [9.17, 15) is 13.2 Å². The van der Waals surface area contributed by atoms with Gasteiger partial charge >= 0.3 is 0 Å². The van der Waals surface area contributed by atoms with Crippen molar-refractivity contribution in [2.45, 2.75) is 38.4 Å². The summed E-state index contributed by atoms with van der Waals surface area (Å²) in [6.07, 6.45) is 0.630. The Labute approximate surface area is 123 Å². The van der Waals surface area contributed by atoms with Crippen LogP contribution in [0.3, 0.4) is 0 Å². The molecule has 1 aromatic carbocycles. The van der Waals surface area contributed by atoms with Gasteiger partial charge in [0.05, 0.1) is 10.5 Å². The van der Waals surface area contributed by atoms with Gasteiger partial charge in [-0.05, 0) is 39.3 Å². The standard InChI is InChI=1S/C14H19BrO3S/c1-14(2,3)19(17,18)10-4-5-13(16)11-6-8-12(15)9-7-11/h6-9H,4-5,10H2,1-3H3. The molecule has 1 aromatic rings. The van der Waals surface area contributed by atoms with E-state index in [-0.39, 0.29) is 18.0 Å². The average Bonchev–Trinajstić information content (AvgIpc) is 2.28. The van der Waals surface area contributed by atoms with Crippen molar-refractivity contribution in [3.63, 3.8) is 0 Å². The molecule has 0 saturated heterocycles. The van der Waals surface area contributed by atoms with Gasteiger partial charge in [0.2, 0.25) is 0 Å². The number of Topliss-reactive ketones (excluding diaryl/α,β-unsaturated/α-hetero) is 1. The first-order valence-corrected chi connectivity index (χ1v) is 8.59. The summed E-state index contributed by atoms with van der Waals surface area (Å²) in [7, 11) is -3.14. The second kappa shape index (κ2) is 6.18. The molecule has 0 bridgehead atoms. The number of carbonyl (C=O) groups excluding carboxylic acids is 1. The topological polar surface area (TPSA) is 51.2 Å². The molecule has 1 rings (SSSR count). The average molecular weight is 347 g/mol. The number of rotatable bonds is 5. The predicted molar refractivity (Wildman–Crippen MR) is 81.2 cm³/mol. The van der Waals surface area contributed by atoms with Crippen LogP contribution in [0.2, 0.25) is 0 Å². The second-order valence-electron chi connectivity index (χ2n) is 5.46. The van der Waals surface area contributed by atoms with E-state index in [4.69, 9.17) is 0 Å². The molecule has 3 nitrogen and oxygen atoms in total. The summed E-state index contributed by atoms with van der Waals surface area (Å²) in [6, 6.07) is 7.09. The molecule has 0 aliphatic heterocycles. The smallest absolute Gasteiger partial charge is 0.162 e. The molecule has 19 heavy (non-hydrogen) atoms. The maximum atomic E-state index is 11.9. The number of carbonyl (C=O) groups is 1. The van der Waals surface area contributed by atoms with E-state index in [1.54, 1.807) is 45.0 Å². The summed E-state index contributed by atoms with van der Waals surface area (Å²) >= 11 is 3.30. The molecule has 0 N–H and O–H groups in total. The molecular weight excluding hydrogens is 328 g/mol. The molecule has 0 aliphatic rings. The van der Waals surface area contributed by atoms with Crippen LogP contribution in [-0.4, -0.2) is 24.7 Å². The number of benzene rings is 1. The second-order valence-corrected chi connectivity index (χ2v) is 9.24. The van der Waals surface area contributed by atoms with Gasteiger partial charge in [0, 0.05) is 16.5 Å². The number of ketones is 1. The molecule has 0 heterocycles. The Balaban J connectivity index is 2.55. The summed E-state index contributed by atoms with van der Waals surface area (Å²) in [5.74, 6) is 0.0373. The SMILES string of the molecule is CC(C)(C)S(=O)(=O)CCCC(=O)c1ccc(Br)cc1. The molecule has 0 radical (unpaired) electrons. The van der Waals surface area contributed by atoms with Gasteiger partial charge in [0.1, 0.15) is 0 Å². The van der Waals surface area contributed by atoms with Gasteiger partial charge in [-0.2, -0.15) is 0 Å². The van der Waals surface area contributed by atoms with Gasteiger partial charge in [-0.15, -0.1) is 0 Å². The molecule has 0 saturated carbocycles. The first-order valence-electron chi connectivity index (χ1n) is 6.14. The van der Waals surface area contributed by atoms with Crippen molar-refractivity contribution in [1.82, 2.24) is 0 Å².